The van der Waals surface area contributed by atoms with Crippen molar-refractivity contribution in [1.29, 1.82) is 5.26 Å². The highest BCUT2D eigenvalue weighted by Gasteiger charge is 2.17. The van der Waals surface area contributed by atoms with E-state index in [0.717, 1.165) is 27.5 Å². The number of benzene rings is 4. The van der Waals surface area contributed by atoms with Gasteiger partial charge in [0, 0.05) is 16.8 Å². The Morgan fingerprint density at radius 3 is 2.42 bits per heavy atom. The van der Waals surface area contributed by atoms with Crippen molar-refractivity contribution in [2.45, 2.75) is 18.9 Å². The number of rotatable bonds is 8. The minimum Gasteiger partial charge on any atom is -0.478 e. The fourth-order valence-electron chi connectivity index (χ4n) is 3.97. The largest absolute Gasteiger partial charge is 0.478 e. The van der Waals surface area contributed by atoms with E-state index < -0.39 is 0 Å². The van der Waals surface area contributed by atoms with Crippen LogP contribution in [0.15, 0.2) is 91.0 Å². The lowest BCUT2D eigenvalue weighted by Crippen LogP contribution is -2.29. The summed E-state index contributed by atoms with van der Waals surface area (Å²) in [7, 11) is 0. The zero-order chi connectivity index (χ0) is 23.0. The van der Waals surface area contributed by atoms with Gasteiger partial charge in [-0.25, -0.2) is 0 Å². The van der Waals surface area contributed by atoms with Crippen LogP contribution >= 0.6 is 11.6 Å². The average molecular weight is 455 g/mol. The van der Waals surface area contributed by atoms with Gasteiger partial charge in [0.2, 0.25) is 5.91 Å². The summed E-state index contributed by atoms with van der Waals surface area (Å²) in [5, 5.41) is 14.6. The van der Waals surface area contributed by atoms with E-state index in [0.29, 0.717) is 23.6 Å². The number of ether oxygens (including phenoxy) is 1. The van der Waals surface area contributed by atoms with Crippen LogP contribution in [0.1, 0.15) is 29.2 Å². The number of nitriles is 1. The Kier molecular flexibility index (Phi) is 7.24. The molecule has 164 valence electrons. The number of carbonyl (C=O) groups excluding carboxylic acids is 1. The Labute approximate surface area is 198 Å². The smallest absolute Gasteiger partial charge is 0.221 e. The quantitative estimate of drug-likeness (QED) is 0.343. The molecule has 0 saturated heterocycles. The first-order chi connectivity index (χ1) is 16.2. The topological polar surface area (TPSA) is 62.1 Å². The van der Waals surface area contributed by atoms with E-state index in [-0.39, 0.29) is 18.6 Å². The molecule has 4 rings (SSSR count). The SMILES string of the molecule is N#CCOc1cccc2c(CCC(=O)NC(c3ccccc3)c3cccc(Cl)c3)cccc12. The third-order valence-corrected chi connectivity index (χ3v) is 5.74. The van der Waals surface area contributed by atoms with Gasteiger partial charge in [0.1, 0.15) is 11.8 Å². The highest BCUT2D eigenvalue weighted by Crippen LogP contribution is 2.29. The molecule has 0 aromatic heterocycles. The van der Waals surface area contributed by atoms with Crippen LogP contribution in [0.4, 0.5) is 0 Å². The molecule has 4 aromatic carbocycles. The molecule has 1 unspecified atom stereocenters. The number of halogens is 1. The van der Waals surface area contributed by atoms with E-state index >= 15 is 0 Å². The third kappa shape index (κ3) is 5.52. The number of nitrogens with zero attached hydrogens (tertiary/aromatic N) is 1. The Bertz CT molecular complexity index is 1300. The normalized spacial score (nSPS) is 11.5. The third-order valence-electron chi connectivity index (χ3n) is 5.51. The van der Waals surface area contributed by atoms with Crippen molar-refractivity contribution in [3.8, 4) is 11.8 Å². The molecule has 5 heteroatoms. The summed E-state index contributed by atoms with van der Waals surface area (Å²) < 4.78 is 5.56. The highest BCUT2D eigenvalue weighted by atomic mass is 35.5. The Hall–Kier alpha value is -3.81. The molecule has 1 N–H and O–H groups in total. The predicted molar refractivity (Wildman–Crippen MR) is 131 cm³/mol. The van der Waals surface area contributed by atoms with Crippen molar-refractivity contribution >= 4 is 28.3 Å². The Balaban J connectivity index is 1.52. The first-order valence-electron chi connectivity index (χ1n) is 10.8. The zero-order valence-corrected chi connectivity index (χ0v) is 18.8. The van der Waals surface area contributed by atoms with Crippen molar-refractivity contribution in [2.24, 2.45) is 0 Å². The molecule has 0 saturated carbocycles. The average Bonchev–Trinajstić information content (AvgIpc) is 2.85. The number of fused-ring (bicyclic) bond motifs is 1. The van der Waals surface area contributed by atoms with Gasteiger partial charge < -0.3 is 10.1 Å². The first kappa shape index (κ1) is 22.4. The maximum absolute atomic E-state index is 13.0. The van der Waals surface area contributed by atoms with Gasteiger partial charge in [-0.1, -0.05) is 84.4 Å². The van der Waals surface area contributed by atoms with Crippen molar-refractivity contribution in [1.82, 2.24) is 5.32 Å². The van der Waals surface area contributed by atoms with Gasteiger partial charge in [-0.15, -0.1) is 0 Å². The number of amides is 1. The van der Waals surface area contributed by atoms with E-state index in [1.54, 1.807) is 0 Å². The van der Waals surface area contributed by atoms with Gasteiger partial charge in [0.15, 0.2) is 6.61 Å². The summed E-state index contributed by atoms with van der Waals surface area (Å²) in [5.41, 5.74) is 2.99. The summed E-state index contributed by atoms with van der Waals surface area (Å²) in [6, 6.07) is 30.9. The van der Waals surface area contributed by atoms with Crippen LogP contribution in [0, 0.1) is 11.3 Å². The summed E-state index contributed by atoms with van der Waals surface area (Å²) in [5.74, 6) is 0.628. The Morgan fingerprint density at radius 2 is 1.64 bits per heavy atom. The lowest BCUT2D eigenvalue weighted by Gasteiger charge is -2.20. The minimum atomic E-state index is -0.282. The molecular weight excluding hydrogens is 432 g/mol. The molecule has 33 heavy (non-hydrogen) atoms. The number of aryl methyl sites for hydroxylation is 1. The minimum absolute atomic E-state index is 0.00385. The van der Waals surface area contributed by atoms with Crippen molar-refractivity contribution < 1.29 is 9.53 Å². The van der Waals surface area contributed by atoms with Crippen molar-refractivity contribution in [3.63, 3.8) is 0 Å². The van der Waals surface area contributed by atoms with Crippen LogP contribution < -0.4 is 10.1 Å². The van der Waals surface area contributed by atoms with E-state index in [1.165, 1.54) is 0 Å². The number of hydrogen-bond donors (Lipinski definition) is 1. The molecule has 4 aromatic rings. The monoisotopic (exact) mass is 454 g/mol. The fourth-order valence-corrected chi connectivity index (χ4v) is 4.17. The van der Waals surface area contributed by atoms with E-state index in [1.807, 2.05) is 97.1 Å². The number of hydrogen-bond acceptors (Lipinski definition) is 3. The fraction of sp³-hybridized carbons (Fsp3) is 0.143. The van der Waals surface area contributed by atoms with Crippen molar-refractivity contribution in [3.05, 3.63) is 113 Å². The predicted octanol–water partition coefficient (Wildman–Crippen LogP) is 6.23. The van der Waals surface area contributed by atoms with Gasteiger partial charge >= 0.3 is 0 Å². The molecule has 0 aliphatic carbocycles. The molecule has 0 heterocycles. The lowest BCUT2D eigenvalue weighted by molar-refractivity contribution is -0.121. The zero-order valence-electron chi connectivity index (χ0n) is 18.0. The molecule has 0 aliphatic rings. The van der Waals surface area contributed by atoms with Gasteiger partial charge in [-0.2, -0.15) is 5.26 Å². The van der Waals surface area contributed by atoms with Crippen LogP contribution in [0.25, 0.3) is 10.8 Å². The second-order valence-corrected chi connectivity index (χ2v) is 8.12. The molecular formula is C28H23ClN2O2. The lowest BCUT2D eigenvalue weighted by atomic mass is 9.97. The number of nitrogens with one attached hydrogen (secondary N) is 1. The van der Waals surface area contributed by atoms with E-state index in [2.05, 4.69) is 5.32 Å². The van der Waals surface area contributed by atoms with Crippen LogP contribution in [-0.4, -0.2) is 12.5 Å². The molecule has 0 spiro atoms. The van der Waals surface area contributed by atoms with E-state index in [4.69, 9.17) is 21.6 Å². The molecule has 0 fully saturated rings. The maximum atomic E-state index is 13.0. The van der Waals surface area contributed by atoms with Crippen LogP contribution in [0.3, 0.4) is 0 Å². The van der Waals surface area contributed by atoms with Crippen LogP contribution in [0.2, 0.25) is 5.02 Å². The summed E-state index contributed by atoms with van der Waals surface area (Å²) >= 11 is 6.21. The Morgan fingerprint density at radius 1 is 0.909 bits per heavy atom. The van der Waals surface area contributed by atoms with Gasteiger partial charge in [-0.05, 0) is 46.7 Å². The summed E-state index contributed by atoms with van der Waals surface area (Å²) in [6.45, 7) is -0.00385. The molecule has 0 radical (unpaired) electrons. The van der Waals surface area contributed by atoms with Crippen LogP contribution in [0.5, 0.6) is 5.75 Å². The summed E-state index contributed by atoms with van der Waals surface area (Å²) in [6.07, 6.45) is 0.925. The highest BCUT2D eigenvalue weighted by molar-refractivity contribution is 6.30. The molecule has 4 nitrogen and oxygen atoms in total. The molecule has 1 atom stereocenters. The second kappa shape index (κ2) is 10.7. The van der Waals surface area contributed by atoms with Crippen molar-refractivity contribution in [2.75, 3.05) is 6.61 Å². The number of carbonyl (C=O) groups is 1. The van der Waals surface area contributed by atoms with Crippen LogP contribution in [-0.2, 0) is 11.2 Å². The van der Waals surface area contributed by atoms with Gasteiger partial charge in [0.05, 0.1) is 6.04 Å². The standard InChI is InChI=1S/C28H23ClN2O2/c29-23-11-4-10-22(19-23)28(21-7-2-1-3-8-21)31-27(32)16-15-20-9-5-13-25-24(20)12-6-14-26(25)33-18-17-30/h1-14,19,28H,15-16,18H2,(H,31,32). The maximum Gasteiger partial charge on any atom is 0.221 e. The second-order valence-electron chi connectivity index (χ2n) is 7.68. The molecule has 1 amide bonds. The van der Waals surface area contributed by atoms with Gasteiger partial charge in [-0.3, -0.25) is 4.79 Å². The summed E-state index contributed by atoms with van der Waals surface area (Å²) in [4.78, 5) is 13.0. The first-order valence-corrected chi connectivity index (χ1v) is 11.1. The van der Waals surface area contributed by atoms with E-state index in [9.17, 15) is 4.79 Å². The molecule has 0 aliphatic heterocycles. The molecule has 0 bridgehead atoms. The van der Waals surface area contributed by atoms with Gasteiger partial charge in [0.25, 0.3) is 0 Å².